The van der Waals surface area contributed by atoms with Crippen LogP contribution >= 0.6 is 0 Å². The summed E-state index contributed by atoms with van der Waals surface area (Å²) in [7, 11) is 0. The van der Waals surface area contributed by atoms with Crippen LogP contribution in [0, 0.1) is 17.5 Å². The first kappa shape index (κ1) is 17.6. The summed E-state index contributed by atoms with van der Waals surface area (Å²) in [6, 6.07) is 9.40. The van der Waals surface area contributed by atoms with Crippen LogP contribution < -0.4 is 0 Å². The first-order chi connectivity index (χ1) is 14.1. The summed E-state index contributed by atoms with van der Waals surface area (Å²) in [6.45, 7) is 0.575. The predicted molar refractivity (Wildman–Crippen MR) is 92.6 cm³/mol. The molecule has 1 aliphatic rings. The molecule has 146 valence electrons. The first-order valence-electron chi connectivity index (χ1n) is 8.67. The van der Waals surface area contributed by atoms with Crippen LogP contribution in [-0.4, -0.2) is 25.1 Å². The molecule has 0 saturated heterocycles. The lowest BCUT2D eigenvalue weighted by atomic mass is 10.1. The molecule has 0 spiro atoms. The van der Waals surface area contributed by atoms with Crippen molar-refractivity contribution in [2.75, 3.05) is 0 Å². The Balaban J connectivity index is 1.41. The Hall–Kier alpha value is -3.53. The van der Waals surface area contributed by atoms with Crippen molar-refractivity contribution in [2.24, 2.45) is 0 Å². The van der Waals surface area contributed by atoms with Gasteiger partial charge in [0.2, 0.25) is 5.82 Å². The zero-order valence-corrected chi connectivity index (χ0v) is 14.7. The monoisotopic (exact) mass is 399 g/mol. The highest BCUT2D eigenvalue weighted by Gasteiger charge is 2.28. The van der Waals surface area contributed by atoms with Crippen LogP contribution in [0.5, 0.6) is 0 Å². The average Bonchev–Trinajstić information content (AvgIpc) is 3.37. The molecule has 2 aromatic heterocycles. The van der Waals surface area contributed by atoms with E-state index in [1.54, 1.807) is 16.8 Å². The molecule has 0 bridgehead atoms. The summed E-state index contributed by atoms with van der Waals surface area (Å²) in [6.07, 6.45) is -0.293. The molecule has 5 rings (SSSR count). The number of aromatic nitrogens is 5. The Morgan fingerprint density at radius 1 is 1.00 bits per heavy atom. The third-order valence-corrected chi connectivity index (χ3v) is 4.65. The highest BCUT2D eigenvalue weighted by molar-refractivity contribution is 5.58. The zero-order valence-electron chi connectivity index (χ0n) is 14.7. The normalized spacial score (nSPS) is 16.0. The maximum Gasteiger partial charge on any atom is 0.280 e. The molecule has 1 atom stereocenters. The smallest absolute Gasteiger partial charge is 0.280 e. The molecule has 3 heterocycles. The van der Waals surface area contributed by atoms with Gasteiger partial charge < -0.3 is 9.26 Å². The topological polar surface area (TPSA) is 78.9 Å². The minimum atomic E-state index is -1.00. The van der Waals surface area contributed by atoms with E-state index in [1.807, 2.05) is 0 Å². The van der Waals surface area contributed by atoms with Gasteiger partial charge in [0.1, 0.15) is 11.9 Å². The van der Waals surface area contributed by atoms with Crippen LogP contribution in [0.15, 0.2) is 47.0 Å². The highest BCUT2D eigenvalue weighted by Crippen LogP contribution is 2.31. The van der Waals surface area contributed by atoms with Crippen molar-refractivity contribution in [2.45, 2.75) is 19.3 Å². The van der Waals surface area contributed by atoms with E-state index in [4.69, 9.17) is 9.26 Å². The van der Waals surface area contributed by atoms with E-state index in [2.05, 4.69) is 20.5 Å². The Bertz CT molecular complexity index is 1190. The number of hydrogen-bond acceptors (Lipinski definition) is 6. The largest absolute Gasteiger partial charge is 0.365 e. The summed E-state index contributed by atoms with van der Waals surface area (Å²) in [4.78, 5) is 4.21. The number of halogens is 3. The summed E-state index contributed by atoms with van der Waals surface area (Å²) < 4.78 is 52.4. The lowest BCUT2D eigenvalue weighted by Crippen LogP contribution is -2.22. The standard InChI is InChI=1S/C19H12F3N5O2/c20-12-4-1-10(2-5-12)16-8-27-15(9-28-16)17(24-26-27)19-23-18(25-29-19)11-3-6-13(21)14(22)7-11/h1-7,16H,8-9H2. The molecular weight excluding hydrogens is 387 g/mol. The maximum atomic E-state index is 13.4. The molecule has 1 aliphatic heterocycles. The average molecular weight is 399 g/mol. The highest BCUT2D eigenvalue weighted by atomic mass is 19.2. The number of benzene rings is 2. The van der Waals surface area contributed by atoms with Gasteiger partial charge in [0, 0.05) is 5.56 Å². The molecule has 0 radical (unpaired) electrons. The number of hydrogen-bond donors (Lipinski definition) is 0. The summed E-state index contributed by atoms with van der Waals surface area (Å²) >= 11 is 0. The van der Waals surface area contributed by atoms with Gasteiger partial charge in [-0.1, -0.05) is 22.5 Å². The van der Waals surface area contributed by atoms with Gasteiger partial charge in [-0.25, -0.2) is 17.9 Å². The third kappa shape index (κ3) is 3.17. The third-order valence-electron chi connectivity index (χ3n) is 4.65. The van der Waals surface area contributed by atoms with Gasteiger partial charge >= 0.3 is 0 Å². The Labute approximate surface area is 161 Å². The van der Waals surface area contributed by atoms with E-state index >= 15 is 0 Å². The minimum absolute atomic E-state index is 0.0924. The molecule has 4 aromatic rings. The zero-order chi connectivity index (χ0) is 20.0. The lowest BCUT2D eigenvalue weighted by Gasteiger charge is -2.24. The van der Waals surface area contributed by atoms with Gasteiger partial charge in [-0.3, -0.25) is 0 Å². The van der Waals surface area contributed by atoms with Gasteiger partial charge in [0.05, 0.1) is 18.8 Å². The lowest BCUT2D eigenvalue weighted by molar-refractivity contribution is -0.00120. The SMILES string of the molecule is Fc1ccc(C2Cn3nnc(-c4nc(-c5ccc(F)c(F)c5)no4)c3CO2)cc1. The van der Waals surface area contributed by atoms with Crippen LogP contribution in [0.4, 0.5) is 13.2 Å². The fraction of sp³-hybridized carbons (Fsp3) is 0.158. The predicted octanol–water partition coefficient (Wildman–Crippen LogP) is 3.68. The molecule has 0 amide bonds. The first-order valence-corrected chi connectivity index (χ1v) is 8.67. The van der Waals surface area contributed by atoms with Crippen molar-refractivity contribution in [3.8, 4) is 23.0 Å². The second kappa shape index (κ2) is 6.82. The van der Waals surface area contributed by atoms with Crippen molar-refractivity contribution < 1.29 is 22.4 Å². The quantitative estimate of drug-likeness (QED) is 0.523. The second-order valence-electron chi connectivity index (χ2n) is 6.47. The fourth-order valence-corrected chi connectivity index (χ4v) is 3.13. The molecule has 0 saturated carbocycles. The Kier molecular flexibility index (Phi) is 4.13. The molecule has 7 nitrogen and oxygen atoms in total. The van der Waals surface area contributed by atoms with Crippen molar-refractivity contribution in [3.05, 3.63) is 71.2 Å². The van der Waals surface area contributed by atoms with Crippen LogP contribution in [0.3, 0.4) is 0 Å². The summed E-state index contributed by atoms with van der Waals surface area (Å²) in [5.41, 5.74) is 2.09. The molecular formula is C19H12F3N5O2. The van der Waals surface area contributed by atoms with E-state index in [-0.39, 0.29) is 35.8 Å². The molecule has 1 unspecified atom stereocenters. The van der Waals surface area contributed by atoms with Gasteiger partial charge in [0.15, 0.2) is 17.3 Å². The molecule has 2 aromatic carbocycles. The van der Waals surface area contributed by atoms with Crippen LogP contribution in [0.2, 0.25) is 0 Å². The molecule has 0 N–H and O–H groups in total. The van der Waals surface area contributed by atoms with Crippen molar-refractivity contribution in [1.82, 2.24) is 25.1 Å². The van der Waals surface area contributed by atoms with Crippen LogP contribution in [0.1, 0.15) is 17.4 Å². The number of fused-ring (bicyclic) bond motifs is 1. The Morgan fingerprint density at radius 3 is 2.62 bits per heavy atom. The minimum Gasteiger partial charge on any atom is -0.365 e. The van der Waals surface area contributed by atoms with Crippen LogP contribution in [0.25, 0.3) is 23.0 Å². The van der Waals surface area contributed by atoms with Gasteiger partial charge in [-0.15, -0.1) is 5.10 Å². The maximum absolute atomic E-state index is 13.4. The van der Waals surface area contributed by atoms with Crippen molar-refractivity contribution >= 4 is 0 Å². The second-order valence-corrected chi connectivity index (χ2v) is 6.47. The van der Waals surface area contributed by atoms with E-state index in [9.17, 15) is 13.2 Å². The van der Waals surface area contributed by atoms with Gasteiger partial charge in [-0.05, 0) is 35.9 Å². The number of nitrogens with zero attached hydrogens (tertiary/aromatic N) is 5. The van der Waals surface area contributed by atoms with Crippen LogP contribution in [-0.2, 0) is 17.9 Å². The molecule has 0 aliphatic carbocycles. The summed E-state index contributed by atoms with van der Waals surface area (Å²) in [5.74, 6) is -2.09. The van der Waals surface area contributed by atoms with Crippen molar-refractivity contribution in [3.63, 3.8) is 0 Å². The Morgan fingerprint density at radius 2 is 1.83 bits per heavy atom. The van der Waals surface area contributed by atoms with E-state index < -0.39 is 11.6 Å². The van der Waals surface area contributed by atoms with E-state index in [0.29, 0.717) is 17.9 Å². The van der Waals surface area contributed by atoms with E-state index in [1.165, 1.54) is 18.2 Å². The van der Waals surface area contributed by atoms with Gasteiger partial charge in [0.25, 0.3) is 5.89 Å². The van der Waals surface area contributed by atoms with E-state index in [0.717, 1.165) is 17.7 Å². The number of rotatable bonds is 3. The fourth-order valence-electron chi connectivity index (χ4n) is 3.13. The number of ether oxygens (including phenoxy) is 1. The van der Waals surface area contributed by atoms with Gasteiger partial charge in [-0.2, -0.15) is 4.98 Å². The summed E-state index contributed by atoms with van der Waals surface area (Å²) in [5, 5.41) is 12.0. The molecule has 29 heavy (non-hydrogen) atoms. The van der Waals surface area contributed by atoms with Crippen molar-refractivity contribution in [1.29, 1.82) is 0 Å². The molecule has 0 fully saturated rings. The molecule has 10 heteroatoms.